The van der Waals surface area contributed by atoms with Crippen LogP contribution in [-0.4, -0.2) is 27.5 Å². The fraction of sp³-hybridized carbons (Fsp3) is 0.414. The highest BCUT2D eigenvalue weighted by molar-refractivity contribution is 6.71. The fourth-order valence-corrected chi connectivity index (χ4v) is 7.28. The number of aryl methyl sites for hydroxylation is 2. The molecular formula is C29H39NO4Si. The van der Waals surface area contributed by atoms with E-state index >= 15 is 0 Å². The second kappa shape index (κ2) is 12.1. The molecule has 188 valence electrons. The van der Waals surface area contributed by atoms with E-state index < -0.39 is 8.32 Å². The van der Waals surface area contributed by atoms with Crippen LogP contribution in [0.4, 0.5) is 0 Å². The highest BCUT2D eigenvalue weighted by atomic mass is 28.4. The molecule has 0 atom stereocenters. The van der Waals surface area contributed by atoms with E-state index in [1.54, 1.807) is 14.2 Å². The van der Waals surface area contributed by atoms with Crippen molar-refractivity contribution in [2.24, 2.45) is 5.92 Å². The molecule has 0 fully saturated rings. The van der Waals surface area contributed by atoms with Crippen LogP contribution in [0, 0.1) is 12.8 Å². The molecule has 0 bridgehead atoms. The van der Waals surface area contributed by atoms with E-state index in [2.05, 4.69) is 51.2 Å². The average molecular weight is 494 g/mol. The number of aromatic nitrogens is 1. The maximum Gasteiger partial charge on any atom is 0.261 e. The smallest absolute Gasteiger partial charge is 0.261 e. The van der Waals surface area contributed by atoms with Crippen molar-refractivity contribution >= 4 is 8.32 Å². The van der Waals surface area contributed by atoms with Gasteiger partial charge in [-0.2, -0.15) is 0 Å². The van der Waals surface area contributed by atoms with Crippen LogP contribution in [0.15, 0.2) is 54.6 Å². The van der Waals surface area contributed by atoms with E-state index in [1.807, 2.05) is 37.3 Å². The van der Waals surface area contributed by atoms with Gasteiger partial charge in [0, 0.05) is 5.56 Å². The summed E-state index contributed by atoms with van der Waals surface area (Å²) in [5.41, 5.74) is 4.24. The number of methoxy groups -OCH3 is 2. The van der Waals surface area contributed by atoms with Gasteiger partial charge in [0.2, 0.25) is 14.1 Å². The van der Waals surface area contributed by atoms with Gasteiger partial charge in [-0.1, -0.05) is 56.3 Å². The van der Waals surface area contributed by atoms with Crippen LogP contribution in [0.3, 0.4) is 0 Å². The summed E-state index contributed by atoms with van der Waals surface area (Å²) < 4.78 is 23.7. The summed E-state index contributed by atoms with van der Waals surface area (Å²) in [4.78, 5) is 4.74. The lowest BCUT2D eigenvalue weighted by molar-refractivity contribution is 0.269. The zero-order valence-corrected chi connectivity index (χ0v) is 23.2. The average Bonchev–Trinajstić information content (AvgIpc) is 2.82. The summed E-state index contributed by atoms with van der Waals surface area (Å²) >= 11 is 0. The molecule has 2 aromatic carbocycles. The summed E-state index contributed by atoms with van der Waals surface area (Å²) in [6, 6.07) is 19.7. The molecule has 35 heavy (non-hydrogen) atoms. The van der Waals surface area contributed by atoms with Crippen molar-refractivity contribution in [3.05, 3.63) is 77.0 Å². The fourth-order valence-electron chi connectivity index (χ4n) is 4.45. The zero-order valence-electron chi connectivity index (χ0n) is 22.2. The van der Waals surface area contributed by atoms with Gasteiger partial charge in [0.15, 0.2) is 5.75 Å². The van der Waals surface area contributed by atoms with E-state index in [0.29, 0.717) is 29.9 Å². The van der Waals surface area contributed by atoms with Crippen LogP contribution in [0.25, 0.3) is 0 Å². The number of ether oxygens (including phenoxy) is 3. The Balaban J connectivity index is 1.73. The molecule has 1 aromatic heterocycles. The van der Waals surface area contributed by atoms with E-state index in [0.717, 1.165) is 41.5 Å². The van der Waals surface area contributed by atoms with E-state index in [-0.39, 0.29) is 0 Å². The predicted molar refractivity (Wildman–Crippen MR) is 144 cm³/mol. The van der Waals surface area contributed by atoms with Gasteiger partial charge < -0.3 is 18.6 Å². The molecule has 0 spiro atoms. The monoisotopic (exact) mass is 493 g/mol. The van der Waals surface area contributed by atoms with Gasteiger partial charge in [0.1, 0.15) is 12.4 Å². The van der Waals surface area contributed by atoms with Crippen LogP contribution in [0.5, 0.6) is 23.1 Å². The first-order valence-corrected chi connectivity index (χ1v) is 15.4. The minimum absolute atomic E-state index is 0.442. The SMILES string of the molecule is COc1nc(CCc2ccc(O[Si](C)(C)CC(C)C)cc2)c(C)c(OCc2ccccc2)c1OC. The summed E-state index contributed by atoms with van der Waals surface area (Å²) in [7, 11) is 1.51. The van der Waals surface area contributed by atoms with Crippen molar-refractivity contribution in [2.45, 2.75) is 59.4 Å². The van der Waals surface area contributed by atoms with Gasteiger partial charge in [-0.05, 0) is 68.1 Å². The molecule has 3 aromatic rings. The third-order valence-corrected chi connectivity index (χ3v) is 8.49. The Morgan fingerprint density at radius 2 is 1.51 bits per heavy atom. The summed E-state index contributed by atoms with van der Waals surface area (Å²) in [5, 5.41) is 0. The Kier molecular flexibility index (Phi) is 9.21. The Morgan fingerprint density at radius 3 is 2.11 bits per heavy atom. The number of nitrogens with zero attached hydrogens (tertiary/aromatic N) is 1. The minimum atomic E-state index is -1.71. The van der Waals surface area contributed by atoms with Crippen molar-refractivity contribution in [1.82, 2.24) is 4.98 Å². The topological polar surface area (TPSA) is 49.8 Å². The molecule has 3 rings (SSSR count). The molecule has 0 saturated heterocycles. The maximum absolute atomic E-state index is 6.36. The molecule has 0 N–H and O–H groups in total. The second-order valence-corrected chi connectivity index (χ2v) is 14.1. The number of pyridine rings is 1. The largest absolute Gasteiger partial charge is 0.544 e. The predicted octanol–water partition coefficient (Wildman–Crippen LogP) is 7.01. The lowest BCUT2D eigenvalue weighted by Crippen LogP contribution is -2.35. The quantitative estimate of drug-likeness (QED) is 0.254. The van der Waals surface area contributed by atoms with Gasteiger partial charge in [-0.3, -0.25) is 0 Å². The Labute approximate surface area is 211 Å². The number of hydrogen-bond donors (Lipinski definition) is 0. The van der Waals surface area contributed by atoms with Gasteiger partial charge in [0.25, 0.3) is 5.88 Å². The molecular weight excluding hydrogens is 454 g/mol. The third kappa shape index (κ3) is 7.49. The zero-order chi connectivity index (χ0) is 25.4. The van der Waals surface area contributed by atoms with Crippen molar-refractivity contribution in [1.29, 1.82) is 0 Å². The van der Waals surface area contributed by atoms with Gasteiger partial charge in [0.05, 0.1) is 19.9 Å². The maximum atomic E-state index is 6.36. The lowest BCUT2D eigenvalue weighted by Gasteiger charge is -2.26. The molecule has 0 amide bonds. The molecule has 0 radical (unpaired) electrons. The minimum Gasteiger partial charge on any atom is -0.544 e. The molecule has 0 aliphatic carbocycles. The molecule has 0 aliphatic heterocycles. The van der Waals surface area contributed by atoms with Crippen LogP contribution in [-0.2, 0) is 19.4 Å². The van der Waals surface area contributed by atoms with E-state index in [4.69, 9.17) is 23.6 Å². The number of rotatable bonds is 12. The second-order valence-electron chi connectivity index (χ2n) is 9.93. The van der Waals surface area contributed by atoms with E-state index in [1.165, 1.54) is 5.56 Å². The number of hydrogen-bond acceptors (Lipinski definition) is 5. The van der Waals surface area contributed by atoms with Gasteiger partial charge >= 0.3 is 0 Å². The van der Waals surface area contributed by atoms with Crippen molar-refractivity contribution in [3.63, 3.8) is 0 Å². The summed E-state index contributed by atoms with van der Waals surface area (Å²) in [6.07, 6.45) is 1.62. The molecule has 0 saturated carbocycles. The normalized spacial score (nSPS) is 11.4. The van der Waals surface area contributed by atoms with Crippen molar-refractivity contribution < 1.29 is 18.6 Å². The van der Waals surface area contributed by atoms with Crippen molar-refractivity contribution in [3.8, 4) is 23.1 Å². The Hall–Kier alpha value is -2.99. The standard InChI is InChI=1S/C29H39NO4Si/c1-21(2)20-35(6,7)34-25-16-13-23(14-17-25)15-18-26-22(3)27(28(31-4)29(30-26)32-5)33-19-24-11-9-8-10-12-24/h8-14,16-17,21H,15,18-20H2,1-7H3. The van der Waals surface area contributed by atoms with E-state index in [9.17, 15) is 0 Å². The third-order valence-electron chi connectivity index (χ3n) is 5.90. The Bertz CT molecular complexity index is 1080. The molecule has 5 nitrogen and oxygen atoms in total. The molecule has 6 heteroatoms. The first-order valence-electron chi connectivity index (χ1n) is 12.3. The van der Waals surface area contributed by atoms with Crippen LogP contribution >= 0.6 is 0 Å². The van der Waals surface area contributed by atoms with Crippen LogP contribution in [0.1, 0.15) is 36.2 Å². The van der Waals surface area contributed by atoms with Crippen molar-refractivity contribution in [2.75, 3.05) is 14.2 Å². The first kappa shape index (κ1) is 26.6. The number of benzene rings is 2. The molecule has 0 unspecified atom stereocenters. The Morgan fingerprint density at radius 1 is 0.829 bits per heavy atom. The van der Waals surface area contributed by atoms with Crippen LogP contribution < -0.4 is 18.6 Å². The highest BCUT2D eigenvalue weighted by Crippen LogP contribution is 2.40. The molecule has 1 heterocycles. The highest BCUT2D eigenvalue weighted by Gasteiger charge is 2.25. The lowest BCUT2D eigenvalue weighted by atomic mass is 10.0. The molecule has 0 aliphatic rings. The van der Waals surface area contributed by atoms with Gasteiger partial charge in [-0.15, -0.1) is 0 Å². The summed E-state index contributed by atoms with van der Waals surface area (Å²) in [6.45, 7) is 11.5. The van der Waals surface area contributed by atoms with Gasteiger partial charge in [-0.25, -0.2) is 4.98 Å². The van der Waals surface area contributed by atoms with Crippen LogP contribution in [0.2, 0.25) is 19.1 Å². The summed E-state index contributed by atoms with van der Waals surface area (Å²) in [5.74, 6) is 3.26. The first-order chi connectivity index (χ1) is 16.7.